The topological polar surface area (TPSA) is 86.7 Å². The molecule has 2 aliphatic heterocycles. The summed E-state index contributed by atoms with van der Waals surface area (Å²) >= 11 is 1.83. The molecule has 0 spiro atoms. The maximum atomic E-state index is 10.4. The monoisotopic (exact) mass is 379 g/mol. The fourth-order valence-corrected chi connectivity index (χ4v) is 5.37. The van der Waals surface area contributed by atoms with E-state index in [0.717, 1.165) is 16.2 Å². The first-order valence-electron chi connectivity index (χ1n) is 9.33. The van der Waals surface area contributed by atoms with Crippen LogP contribution in [0.3, 0.4) is 0 Å². The van der Waals surface area contributed by atoms with Crippen LogP contribution in [0.4, 0.5) is 0 Å². The molecule has 2 bridgehead atoms. The van der Waals surface area contributed by atoms with Crippen LogP contribution in [0, 0.1) is 0 Å². The van der Waals surface area contributed by atoms with Crippen LogP contribution in [0.5, 0.6) is 5.75 Å². The Morgan fingerprint density at radius 3 is 2.52 bits per heavy atom. The number of aromatic amines is 1. The fourth-order valence-electron chi connectivity index (χ4n) is 4.14. The van der Waals surface area contributed by atoms with Gasteiger partial charge in [0, 0.05) is 34.7 Å². The van der Waals surface area contributed by atoms with Gasteiger partial charge in [-0.2, -0.15) is 5.10 Å². The molecule has 1 aromatic carbocycles. The molecule has 4 heterocycles. The SMILES string of the molecule is Oc1cc(-c2cn[nH]c2)ccc1-c1ccc(S[C@@H]2CC3CC[C@@H](C2)N3)nn1. The quantitative estimate of drug-likeness (QED) is 0.642. The Labute approximate surface area is 161 Å². The Bertz CT molecular complexity index is 916. The predicted molar refractivity (Wildman–Crippen MR) is 106 cm³/mol. The van der Waals surface area contributed by atoms with Gasteiger partial charge in [-0.1, -0.05) is 6.07 Å². The highest BCUT2D eigenvalue weighted by atomic mass is 32.2. The maximum Gasteiger partial charge on any atom is 0.125 e. The Hall–Kier alpha value is -2.38. The summed E-state index contributed by atoms with van der Waals surface area (Å²) in [4.78, 5) is 0. The van der Waals surface area contributed by atoms with E-state index in [1.165, 1.54) is 25.7 Å². The molecule has 3 aromatic rings. The number of phenolic OH excluding ortho intramolecular Hbond substituents is 1. The van der Waals surface area contributed by atoms with Gasteiger partial charge < -0.3 is 10.4 Å². The largest absolute Gasteiger partial charge is 0.507 e. The van der Waals surface area contributed by atoms with E-state index in [2.05, 4.69) is 25.7 Å². The highest BCUT2D eigenvalue weighted by molar-refractivity contribution is 7.99. The number of benzene rings is 1. The van der Waals surface area contributed by atoms with Gasteiger partial charge in [-0.15, -0.1) is 22.0 Å². The van der Waals surface area contributed by atoms with Crippen molar-refractivity contribution in [3.8, 4) is 28.1 Å². The summed E-state index contributed by atoms with van der Waals surface area (Å²) in [6.45, 7) is 0. The summed E-state index contributed by atoms with van der Waals surface area (Å²) in [6, 6.07) is 10.9. The summed E-state index contributed by atoms with van der Waals surface area (Å²) < 4.78 is 0. The molecule has 5 rings (SSSR count). The van der Waals surface area contributed by atoms with E-state index in [9.17, 15) is 5.11 Å². The Balaban J connectivity index is 1.31. The maximum absolute atomic E-state index is 10.4. The number of nitrogens with one attached hydrogen (secondary N) is 2. The number of H-pyrrole nitrogens is 1. The number of aromatic nitrogens is 4. The van der Waals surface area contributed by atoms with E-state index in [4.69, 9.17) is 0 Å². The minimum absolute atomic E-state index is 0.193. The molecule has 3 N–H and O–H groups in total. The molecule has 2 aromatic heterocycles. The first-order chi connectivity index (χ1) is 13.2. The molecule has 7 heteroatoms. The van der Waals surface area contributed by atoms with Crippen molar-refractivity contribution in [2.24, 2.45) is 0 Å². The van der Waals surface area contributed by atoms with Crippen LogP contribution in [0.25, 0.3) is 22.4 Å². The highest BCUT2D eigenvalue weighted by Crippen LogP contribution is 2.37. The van der Waals surface area contributed by atoms with Crippen molar-refractivity contribution in [1.29, 1.82) is 0 Å². The Morgan fingerprint density at radius 1 is 1.00 bits per heavy atom. The lowest BCUT2D eigenvalue weighted by atomic mass is 10.0. The van der Waals surface area contributed by atoms with Crippen LogP contribution in [0.2, 0.25) is 0 Å². The van der Waals surface area contributed by atoms with Gasteiger partial charge in [0.2, 0.25) is 0 Å². The van der Waals surface area contributed by atoms with Crippen LogP contribution < -0.4 is 5.32 Å². The highest BCUT2D eigenvalue weighted by Gasteiger charge is 2.34. The molecular weight excluding hydrogens is 358 g/mol. The fraction of sp³-hybridized carbons (Fsp3) is 0.350. The molecular formula is C20H21N5OS. The zero-order chi connectivity index (χ0) is 18.2. The van der Waals surface area contributed by atoms with Gasteiger partial charge in [-0.25, -0.2) is 0 Å². The second-order valence-electron chi connectivity index (χ2n) is 7.32. The molecule has 6 nitrogen and oxygen atoms in total. The van der Waals surface area contributed by atoms with Crippen LogP contribution in [0.1, 0.15) is 25.7 Å². The number of hydrogen-bond acceptors (Lipinski definition) is 6. The molecule has 2 aliphatic rings. The number of rotatable bonds is 4. The number of phenols is 1. The third-order valence-corrected chi connectivity index (χ3v) is 6.64. The number of aromatic hydroxyl groups is 1. The summed E-state index contributed by atoms with van der Waals surface area (Å²) in [6.07, 6.45) is 8.56. The van der Waals surface area contributed by atoms with E-state index in [1.807, 2.05) is 36.0 Å². The molecule has 0 radical (unpaired) electrons. The van der Waals surface area contributed by atoms with Gasteiger partial charge in [0.1, 0.15) is 10.8 Å². The van der Waals surface area contributed by atoms with Gasteiger partial charge in [0.05, 0.1) is 11.9 Å². The number of nitrogens with zero attached hydrogens (tertiary/aromatic N) is 3. The molecule has 138 valence electrons. The number of hydrogen-bond donors (Lipinski definition) is 3. The molecule has 3 atom stereocenters. The van der Waals surface area contributed by atoms with Gasteiger partial charge in [0.15, 0.2) is 0 Å². The van der Waals surface area contributed by atoms with Crippen LogP contribution >= 0.6 is 11.8 Å². The Morgan fingerprint density at radius 2 is 1.85 bits per heavy atom. The molecule has 27 heavy (non-hydrogen) atoms. The van der Waals surface area contributed by atoms with Gasteiger partial charge in [0.25, 0.3) is 0 Å². The van der Waals surface area contributed by atoms with Gasteiger partial charge in [-0.05, 0) is 55.5 Å². The average molecular weight is 379 g/mol. The van der Waals surface area contributed by atoms with Crippen LogP contribution in [-0.2, 0) is 0 Å². The van der Waals surface area contributed by atoms with Crippen molar-refractivity contribution >= 4 is 11.8 Å². The van der Waals surface area contributed by atoms with E-state index in [1.54, 1.807) is 18.5 Å². The minimum atomic E-state index is 0.193. The zero-order valence-electron chi connectivity index (χ0n) is 14.8. The third-order valence-electron chi connectivity index (χ3n) is 5.46. The molecule has 2 saturated heterocycles. The van der Waals surface area contributed by atoms with Gasteiger partial charge in [-0.3, -0.25) is 5.10 Å². The molecule has 0 saturated carbocycles. The number of piperidine rings is 1. The lowest BCUT2D eigenvalue weighted by Gasteiger charge is -2.28. The second kappa shape index (κ2) is 6.98. The number of thioether (sulfide) groups is 1. The summed E-state index contributed by atoms with van der Waals surface area (Å²) in [5.41, 5.74) is 3.21. The normalized spacial score (nSPS) is 24.2. The van der Waals surface area contributed by atoms with Crippen LogP contribution in [-0.4, -0.2) is 42.8 Å². The van der Waals surface area contributed by atoms with Crippen molar-refractivity contribution < 1.29 is 5.11 Å². The van der Waals surface area contributed by atoms with Crippen molar-refractivity contribution in [2.75, 3.05) is 0 Å². The minimum Gasteiger partial charge on any atom is -0.507 e. The smallest absolute Gasteiger partial charge is 0.125 e. The van der Waals surface area contributed by atoms with Crippen molar-refractivity contribution in [1.82, 2.24) is 25.7 Å². The molecule has 1 unspecified atom stereocenters. The van der Waals surface area contributed by atoms with Crippen molar-refractivity contribution in [3.63, 3.8) is 0 Å². The first kappa shape index (κ1) is 16.8. The van der Waals surface area contributed by atoms with E-state index in [-0.39, 0.29) is 5.75 Å². The third kappa shape index (κ3) is 3.44. The van der Waals surface area contributed by atoms with E-state index in [0.29, 0.717) is 28.6 Å². The average Bonchev–Trinajstić information content (AvgIpc) is 3.32. The first-order valence-corrected chi connectivity index (χ1v) is 10.2. The predicted octanol–water partition coefficient (Wildman–Crippen LogP) is 3.61. The van der Waals surface area contributed by atoms with Gasteiger partial charge >= 0.3 is 0 Å². The van der Waals surface area contributed by atoms with E-state index < -0.39 is 0 Å². The summed E-state index contributed by atoms with van der Waals surface area (Å²) in [7, 11) is 0. The molecule has 0 amide bonds. The lowest BCUT2D eigenvalue weighted by molar-refractivity contribution is 0.414. The van der Waals surface area contributed by atoms with E-state index >= 15 is 0 Å². The standard InChI is InChI=1S/C20H21N5OS/c26-19-7-12(13-10-21-22-11-13)1-4-17(19)18-5-6-20(25-24-18)27-16-8-14-2-3-15(9-16)23-14/h1,4-7,10-11,14-16,23,26H,2-3,8-9H2,(H,21,22)/t14-,15?,16-/m0/s1. The summed E-state index contributed by atoms with van der Waals surface area (Å²) in [5.74, 6) is 0.193. The number of fused-ring (bicyclic) bond motifs is 2. The second-order valence-corrected chi connectivity index (χ2v) is 8.65. The molecule has 2 fully saturated rings. The van der Waals surface area contributed by atoms with Crippen molar-refractivity contribution in [3.05, 3.63) is 42.7 Å². The lowest BCUT2D eigenvalue weighted by Crippen LogP contribution is -2.39. The molecule has 0 aliphatic carbocycles. The zero-order valence-corrected chi connectivity index (χ0v) is 15.6. The van der Waals surface area contributed by atoms with Crippen molar-refractivity contribution in [2.45, 2.75) is 48.0 Å². The Kier molecular flexibility index (Phi) is 4.33. The summed E-state index contributed by atoms with van der Waals surface area (Å²) in [5, 5.41) is 31.2. The van der Waals surface area contributed by atoms with Crippen LogP contribution in [0.15, 0.2) is 47.8 Å².